The molecule has 0 bridgehead atoms. The molecule has 2 atom stereocenters. The van der Waals surface area contributed by atoms with Crippen molar-refractivity contribution in [3.05, 3.63) is 12.2 Å². The van der Waals surface area contributed by atoms with E-state index in [4.69, 9.17) is 14.9 Å². The zero-order chi connectivity index (χ0) is 25.9. The van der Waals surface area contributed by atoms with E-state index in [-0.39, 0.29) is 6.61 Å². The van der Waals surface area contributed by atoms with Crippen LogP contribution in [0.15, 0.2) is 12.2 Å². The van der Waals surface area contributed by atoms with Crippen LogP contribution in [-0.4, -0.2) is 53.6 Å². The van der Waals surface area contributed by atoms with Gasteiger partial charge >= 0.3 is 13.8 Å². The fourth-order valence-electron chi connectivity index (χ4n) is 3.01. The van der Waals surface area contributed by atoms with Crippen LogP contribution in [0.25, 0.3) is 0 Å². The number of aliphatic hydroxyl groups excluding tert-OH is 2. The Hall–Kier alpha value is -0.760. The average molecular weight is 511 g/mol. The molecule has 34 heavy (non-hydrogen) atoms. The number of unbranched alkanes of at least 4 members (excludes halogenated alkanes) is 12. The van der Waals surface area contributed by atoms with Crippen LogP contribution in [0.5, 0.6) is 0 Å². The third-order valence-corrected chi connectivity index (χ3v) is 5.89. The van der Waals surface area contributed by atoms with Gasteiger partial charge in [0.05, 0.1) is 13.2 Å². The number of carbonyl (C=O) groups excluding carboxylic acids is 1. The number of phosphoric acid groups is 1. The zero-order valence-electron chi connectivity index (χ0n) is 21.8. The van der Waals surface area contributed by atoms with Crippen molar-refractivity contribution in [2.45, 2.75) is 117 Å². The molecule has 0 heterocycles. The maximum atomic E-state index is 11.5. The number of rotatable bonds is 22. The average Bonchev–Trinajstić information content (AvgIpc) is 2.81. The van der Waals surface area contributed by atoms with Crippen LogP contribution in [-0.2, 0) is 23.1 Å². The lowest BCUT2D eigenvalue weighted by atomic mass is 10.1. The summed E-state index contributed by atoms with van der Waals surface area (Å²) in [5.74, 6) is -1.38. The van der Waals surface area contributed by atoms with E-state index in [9.17, 15) is 14.3 Å². The highest BCUT2D eigenvalue weighted by molar-refractivity contribution is 7.48. The summed E-state index contributed by atoms with van der Waals surface area (Å²) in [5.41, 5.74) is 0. The van der Waals surface area contributed by atoms with Crippen molar-refractivity contribution in [3.63, 3.8) is 0 Å². The molecule has 0 saturated carbocycles. The smallest absolute Gasteiger partial charge is 0.393 e. The number of carbonyl (C=O) groups is 1. The quantitative estimate of drug-likeness (QED) is 0.0910. The lowest BCUT2D eigenvalue weighted by molar-refractivity contribution is -0.147. The fourth-order valence-corrected chi connectivity index (χ4v) is 3.77. The second kappa shape index (κ2) is 26.8. The Morgan fingerprint density at radius 1 is 0.824 bits per heavy atom. The van der Waals surface area contributed by atoms with Crippen molar-refractivity contribution in [1.29, 1.82) is 0 Å². The van der Waals surface area contributed by atoms with Gasteiger partial charge in [0, 0.05) is 13.2 Å². The molecule has 0 rings (SSSR count). The van der Waals surface area contributed by atoms with Crippen LogP contribution in [0.4, 0.5) is 0 Å². The van der Waals surface area contributed by atoms with Crippen LogP contribution in [0.2, 0.25) is 0 Å². The summed E-state index contributed by atoms with van der Waals surface area (Å²) < 4.78 is 25.2. The standard InChI is InChI=1S/C21H41O7P.C4H10O/c1-2-3-4-5-6-7-8-9-10-11-12-13-14-15-16-17-18-27-29(25,26)28-21(24)20(23)19-22;1-3-5-4-2/h9-10,20,22-23H,2-8,11-19H2,1H3,(H,25,26);3-4H2,1-2H3/b10-9-;. The SMILES string of the molecule is CCCCCCCC/C=C\CCCCCCCCOP(=O)(O)OC(=O)C(O)CO.CCOCC. The first kappa shape index (κ1) is 35.4. The largest absolute Gasteiger partial charge is 0.529 e. The number of phosphoric ester groups is 1. The van der Waals surface area contributed by atoms with E-state index in [0.717, 1.165) is 45.3 Å². The number of ether oxygens (including phenoxy) is 1. The van der Waals surface area contributed by atoms with Crippen molar-refractivity contribution in [3.8, 4) is 0 Å². The second-order valence-corrected chi connectivity index (χ2v) is 9.51. The number of hydrogen-bond acceptors (Lipinski definition) is 7. The first-order valence-electron chi connectivity index (χ1n) is 13.1. The van der Waals surface area contributed by atoms with Gasteiger partial charge in [-0.15, -0.1) is 0 Å². The molecule has 0 spiro atoms. The highest BCUT2D eigenvalue weighted by Crippen LogP contribution is 2.43. The first-order chi connectivity index (χ1) is 16.3. The minimum atomic E-state index is -4.53. The van der Waals surface area contributed by atoms with Gasteiger partial charge in [-0.25, -0.2) is 9.36 Å². The molecular weight excluding hydrogens is 459 g/mol. The number of hydrogen-bond donors (Lipinski definition) is 3. The fraction of sp³-hybridized carbons (Fsp3) is 0.880. The Morgan fingerprint density at radius 3 is 1.74 bits per heavy atom. The van der Waals surface area contributed by atoms with Gasteiger partial charge in [0.1, 0.15) is 0 Å². The third-order valence-electron chi connectivity index (χ3n) is 4.97. The lowest BCUT2D eigenvalue weighted by Crippen LogP contribution is -2.25. The molecule has 0 aromatic heterocycles. The number of allylic oxidation sites excluding steroid dienone is 2. The summed E-state index contributed by atoms with van der Waals surface area (Å²) in [5, 5.41) is 17.6. The van der Waals surface area contributed by atoms with Gasteiger partial charge in [0.2, 0.25) is 0 Å². The van der Waals surface area contributed by atoms with Crippen molar-refractivity contribution in [2.75, 3.05) is 26.4 Å². The molecule has 0 aliphatic heterocycles. The van der Waals surface area contributed by atoms with Crippen molar-refractivity contribution in [2.24, 2.45) is 0 Å². The molecule has 8 nitrogen and oxygen atoms in total. The molecule has 0 saturated heterocycles. The minimum Gasteiger partial charge on any atom is -0.393 e. The summed E-state index contributed by atoms with van der Waals surface area (Å²) in [6, 6.07) is 0. The summed E-state index contributed by atoms with van der Waals surface area (Å²) in [7, 11) is -4.53. The molecule has 0 amide bonds. The highest BCUT2D eigenvalue weighted by atomic mass is 31.2. The van der Waals surface area contributed by atoms with Gasteiger partial charge in [0.25, 0.3) is 0 Å². The molecule has 2 unspecified atom stereocenters. The van der Waals surface area contributed by atoms with Gasteiger partial charge in [0.15, 0.2) is 6.10 Å². The summed E-state index contributed by atoms with van der Waals surface area (Å²) in [4.78, 5) is 20.5. The van der Waals surface area contributed by atoms with Gasteiger partial charge in [-0.3, -0.25) is 9.42 Å². The number of aliphatic hydroxyl groups is 2. The predicted molar refractivity (Wildman–Crippen MR) is 137 cm³/mol. The molecule has 0 aliphatic rings. The van der Waals surface area contributed by atoms with E-state index in [1.54, 1.807) is 0 Å². The lowest BCUT2D eigenvalue weighted by Gasteiger charge is -2.13. The third kappa shape index (κ3) is 27.5. The maximum Gasteiger partial charge on any atom is 0.529 e. The molecule has 0 aromatic carbocycles. The molecule has 0 aromatic rings. The van der Waals surface area contributed by atoms with Crippen LogP contribution >= 0.6 is 7.82 Å². The van der Waals surface area contributed by atoms with Gasteiger partial charge in [-0.1, -0.05) is 76.9 Å². The molecule has 0 aliphatic carbocycles. The molecule has 204 valence electrons. The molecule has 0 radical (unpaired) electrons. The van der Waals surface area contributed by atoms with Crippen LogP contribution in [0.3, 0.4) is 0 Å². The highest BCUT2D eigenvalue weighted by Gasteiger charge is 2.29. The van der Waals surface area contributed by atoms with Crippen molar-refractivity contribution >= 4 is 13.8 Å². The predicted octanol–water partition coefficient (Wildman–Crippen LogP) is 6.08. The second-order valence-electron chi connectivity index (χ2n) is 8.13. The van der Waals surface area contributed by atoms with E-state index in [2.05, 4.69) is 28.1 Å². The van der Waals surface area contributed by atoms with Crippen molar-refractivity contribution < 1.29 is 38.3 Å². The molecule has 3 N–H and O–H groups in total. The van der Waals surface area contributed by atoms with Gasteiger partial charge in [-0.2, -0.15) is 0 Å². The zero-order valence-corrected chi connectivity index (χ0v) is 22.7. The Balaban J connectivity index is 0. The summed E-state index contributed by atoms with van der Waals surface area (Å²) >= 11 is 0. The van der Waals surface area contributed by atoms with Crippen LogP contribution in [0, 0.1) is 0 Å². The Morgan fingerprint density at radius 2 is 1.29 bits per heavy atom. The first-order valence-corrected chi connectivity index (χ1v) is 14.6. The van der Waals surface area contributed by atoms with Crippen molar-refractivity contribution in [1.82, 2.24) is 0 Å². The molecular formula is C25H51O8P. The Labute approximate surface area is 207 Å². The maximum absolute atomic E-state index is 11.5. The van der Waals surface area contributed by atoms with Gasteiger partial charge < -0.3 is 19.5 Å². The van der Waals surface area contributed by atoms with E-state index in [1.807, 2.05) is 13.8 Å². The summed E-state index contributed by atoms with van der Waals surface area (Å²) in [6.45, 7) is 7.02. The van der Waals surface area contributed by atoms with E-state index >= 15 is 0 Å². The topological polar surface area (TPSA) is 123 Å². The van der Waals surface area contributed by atoms with Crippen LogP contribution < -0.4 is 0 Å². The van der Waals surface area contributed by atoms with E-state index < -0.39 is 26.5 Å². The van der Waals surface area contributed by atoms with E-state index in [0.29, 0.717) is 6.42 Å². The molecule has 0 fully saturated rings. The monoisotopic (exact) mass is 510 g/mol. The van der Waals surface area contributed by atoms with Crippen LogP contribution in [0.1, 0.15) is 111 Å². The normalized spacial score (nSPS) is 13.8. The minimum absolute atomic E-state index is 0.00252. The molecule has 9 heteroatoms. The van der Waals surface area contributed by atoms with Gasteiger partial charge in [-0.05, 0) is 46.0 Å². The summed E-state index contributed by atoms with van der Waals surface area (Å²) in [6.07, 6.45) is 19.0. The Bertz CT molecular complexity index is 511. The Kier molecular flexibility index (Phi) is 27.9. The van der Waals surface area contributed by atoms with E-state index in [1.165, 1.54) is 51.4 Å².